The third-order valence-corrected chi connectivity index (χ3v) is 1.54. The maximum atomic E-state index is 8.89. The van der Waals surface area contributed by atoms with Crippen LogP contribution >= 0.6 is 0 Å². The van der Waals surface area contributed by atoms with E-state index < -0.39 is 5.97 Å². The molecule has 20 heavy (non-hydrogen) atoms. The van der Waals surface area contributed by atoms with Crippen LogP contribution in [0.4, 0.5) is 0 Å². The van der Waals surface area contributed by atoms with Crippen LogP contribution in [0.3, 0.4) is 0 Å². The van der Waals surface area contributed by atoms with Crippen molar-refractivity contribution < 1.29 is 46.9 Å². The van der Waals surface area contributed by atoms with Crippen LogP contribution in [-0.2, 0) is 26.5 Å². The van der Waals surface area contributed by atoms with Crippen molar-refractivity contribution in [3.8, 4) is 0 Å². The maximum Gasteiger partial charge on any atom is 0.0430 e. The number of aliphatic hydroxyl groups is 3. The van der Waals surface area contributed by atoms with Gasteiger partial charge in [-0.15, -0.1) is 0 Å². The number of hydrogen-bond donors (Lipinski definition) is 3. The molecule has 0 aliphatic rings. The predicted molar refractivity (Wildman–Crippen MR) is 76.7 cm³/mol. The molecule has 0 heterocycles. The van der Waals surface area contributed by atoms with Gasteiger partial charge in [0.15, 0.2) is 0 Å². The van der Waals surface area contributed by atoms with E-state index in [0.717, 1.165) is 45.4 Å². The second kappa shape index (κ2) is 42.7. The molecule has 5 nitrogen and oxygen atoms in total. The van der Waals surface area contributed by atoms with E-state index in [4.69, 9.17) is 25.2 Å². The Bertz CT molecular complexity index is 110. The van der Waals surface area contributed by atoms with Gasteiger partial charge in [0.25, 0.3) is 0 Å². The van der Waals surface area contributed by atoms with Crippen molar-refractivity contribution in [3.05, 3.63) is 0 Å². The van der Waals surface area contributed by atoms with Gasteiger partial charge in [-0.2, -0.15) is 0 Å². The summed E-state index contributed by atoms with van der Waals surface area (Å²) in [4.78, 5) is 8.89. The number of hydrogen-bond acceptors (Lipinski definition) is 5. The van der Waals surface area contributed by atoms with Gasteiger partial charge in [-0.25, -0.2) is 0 Å². The minimum atomic E-state index is -1.08. The molecule has 0 radical (unpaired) electrons. The molecule has 0 spiro atoms. The Kier molecular flexibility index (Phi) is 68.7. The first-order valence-corrected chi connectivity index (χ1v) is 6.98. The summed E-state index contributed by atoms with van der Waals surface area (Å²) in [6, 6.07) is 0. The summed E-state index contributed by atoms with van der Waals surface area (Å²) in [6.07, 6.45) is 6.11. The topological polar surface area (TPSA) is 101 Å². The smallest absolute Gasteiger partial charge is 0.0430 e. The molecule has 0 aliphatic carbocycles. The molecule has 6 heteroatoms. The fourth-order valence-electron chi connectivity index (χ4n) is 0.474. The van der Waals surface area contributed by atoms with Gasteiger partial charge >= 0.3 is 0 Å². The predicted octanol–water partition coefficient (Wildman–Crippen LogP) is 1.09. The van der Waals surface area contributed by atoms with Crippen LogP contribution in [0.25, 0.3) is 0 Å². The third-order valence-electron chi connectivity index (χ3n) is 1.54. The molecule has 0 bridgehead atoms. The van der Waals surface area contributed by atoms with Crippen molar-refractivity contribution in [2.24, 2.45) is 0 Å². The first kappa shape index (κ1) is 32.1. The van der Waals surface area contributed by atoms with Crippen molar-refractivity contribution in [2.45, 2.75) is 66.2 Å². The molecule has 124 valence electrons. The summed E-state index contributed by atoms with van der Waals surface area (Å²) < 4.78 is 0. The zero-order valence-electron chi connectivity index (χ0n) is 13.5. The SMILES string of the molecule is CC(=O)[O-].CCCCO.CCCCO.CCCCO.[Ti]. The van der Waals surface area contributed by atoms with E-state index in [1.54, 1.807) is 0 Å². The van der Waals surface area contributed by atoms with Crippen LogP contribution in [0.2, 0.25) is 0 Å². The number of aliphatic hydroxyl groups excluding tert-OH is 3. The molecule has 0 unspecified atom stereocenters. The fraction of sp³-hybridized carbons (Fsp3) is 0.929. The van der Waals surface area contributed by atoms with Crippen molar-refractivity contribution in [1.29, 1.82) is 0 Å². The van der Waals surface area contributed by atoms with Crippen LogP contribution in [0.1, 0.15) is 66.2 Å². The van der Waals surface area contributed by atoms with Crippen LogP contribution in [0, 0.1) is 0 Å². The zero-order valence-corrected chi connectivity index (χ0v) is 15.1. The number of carbonyl (C=O) groups is 1. The Balaban J connectivity index is -0.0000000494. The molecule has 0 saturated carbocycles. The molecular formula is C14H33O5Ti-. The third kappa shape index (κ3) is 143. The van der Waals surface area contributed by atoms with Crippen molar-refractivity contribution in [3.63, 3.8) is 0 Å². The largest absolute Gasteiger partial charge is 0.550 e. The number of carbonyl (C=O) groups excluding carboxylic acids is 1. The second-order valence-corrected chi connectivity index (χ2v) is 3.72. The molecule has 0 fully saturated rings. The van der Waals surface area contributed by atoms with E-state index in [2.05, 4.69) is 20.8 Å². The first-order valence-electron chi connectivity index (χ1n) is 6.98. The number of aliphatic carboxylic acids is 1. The van der Waals surface area contributed by atoms with Gasteiger partial charge in [0.2, 0.25) is 0 Å². The summed E-state index contributed by atoms with van der Waals surface area (Å²) in [5.41, 5.74) is 0. The van der Waals surface area contributed by atoms with Gasteiger partial charge in [-0.1, -0.05) is 40.0 Å². The number of carboxylic acids is 1. The van der Waals surface area contributed by atoms with Crippen LogP contribution in [0.5, 0.6) is 0 Å². The number of unbranched alkanes of at least 4 members (excludes halogenated alkanes) is 3. The van der Waals surface area contributed by atoms with E-state index in [0.29, 0.717) is 19.8 Å². The Morgan fingerprint density at radius 1 is 0.800 bits per heavy atom. The van der Waals surface area contributed by atoms with Crippen molar-refractivity contribution in [1.82, 2.24) is 0 Å². The van der Waals surface area contributed by atoms with Crippen LogP contribution < -0.4 is 5.11 Å². The molecule has 3 N–H and O–H groups in total. The summed E-state index contributed by atoms with van der Waals surface area (Å²) >= 11 is 0. The Morgan fingerprint density at radius 3 is 0.950 bits per heavy atom. The second-order valence-electron chi connectivity index (χ2n) is 3.72. The minimum Gasteiger partial charge on any atom is -0.550 e. The number of carboxylic acid groups (broad SMARTS) is 1. The normalized spacial score (nSPS) is 7.55. The molecule has 0 aliphatic heterocycles. The van der Waals surface area contributed by atoms with Gasteiger partial charge < -0.3 is 25.2 Å². The Labute approximate surface area is 139 Å². The van der Waals surface area contributed by atoms with Crippen LogP contribution in [-0.4, -0.2) is 41.1 Å². The molecule has 0 atom stereocenters. The van der Waals surface area contributed by atoms with Gasteiger partial charge in [0.05, 0.1) is 0 Å². The molecule has 0 amide bonds. The van der Waals surface area contributed by atoms with Crippen molar-refractivity contribution in [2.75, 3.05) is 19.8 Å². The average Bonchev–Trinajstić information content (AvgIpc) is 2.33. The standard InChI is InChI=1S/3C4H10O.C2H4O2.Ti/c3*1-2-3-4-5;1-2(3)4;/h3*5H,2-4H2,1H3;1H3,(H,3,4);/p-1. The molecule has 0 rings (SSSR count). The Morgan fingerprint density at radius 2 is 0.950 bits per heavy atom. The average molecular weight is 329 g/mol. The van der Waals surface area contributed by atoms with E-state index in [9.17, 15) is 0 Å². The summed E-state index contributed by atoms with van der Waals surface area (Å²) in [5, 5.41) is 33.1. The van der Waals surface area contributed by atoms with E-state index in [1.807, 2.05) is 0 Å². The van der Waals surface area contributed by atoms with Gasteiger partial charge in [0.1, 0.15) is 0 Å². The van der Waals surface area contributed by atoms with E-state index in [1.165, 1.54) is 0 Å². The summed E-state index contributed by atoms with van der Waals surface area (Å²) in [6.45, 7) is 8.16. The zero-order chi connectivity index (χ0) is 15.9. The van der Waals surface area contributed by atoms with Crippen molar-refractivity contribution >= 4 is 5.97 Å². The minimum absolute atomic E-state index is 0. The number of rotatable bonds is 6. The fourth-order valence-corrected chi connectivity index (χ4v) is 0.474. The Hall–Kier alpha value is 0.0643. The summed E-state index contributed by atoms with van der Waals surface area (Å²) in [5.74, 6) is -1.08. The molecular weight excluding hydrogens is 296 g/mol. The summed E-state index contributed by atoms with van der Waals surface area (Å²) in [7, 11) is 0. The molecule has 0 aromatic rings. The van der Waals surface area contributed by atoms with E-state index >= 15 is 0 Å². The molecule has 0 aromatic carbocycles. The molecule has 0 aromatic heterocycles. The van der Waals surface area contributed by atoms with Gasteiger partial charge in [-0.3, -0.25) is 0 Å². The van der Waals surface area contributed by atoms with Crippen LogP contribution in [0.15, 0.2) is 0 Å². The quantitative estimate of drug-likeness (QED) is 0.633. The van der Waals surface area contributed by atoms with Gasteiger partial charge in [-0.05, 0) is 26.2 Å². The first-order chi connectivity index (χ1) is 8.97. The van der Waals surface area contributed by atoms with E-state index in [-0.39, 0.29) is 21.7 Å². The molecule has 0 saturated heterocycles. The van der Waals surface area contributed by atoms with Gasteiger partial charge in [0, 0.05) is 47.5 Å². The maximum absolute atomic E-state index is 8.89. The monoisotopic (exact) mass is 329 g/mol.